The Labute approximate surface area is 172 Å². The molecule has 1 fully saturated rings. The Bertz CT molecular complexity index is 1160. The molecule has 0 bridgehead atoms. The Morgan fingerprint density at radius 3 is 2.79 bits per heavy atom. The Hall–Kier alpha value is -3.13. The van der Waals surface area contributed by atoms with E-state index < -0.39 is 0 Å². The third-order valence-electron chi connectivity index (χ3n) is 4.75. The van der Waals surface area contributed by atoms with Crippen molar-refractivity contribution in [2.45, 2.75) is 13.3 Å². The molecule has 1 aliphatic rings. The average Bonchev–Trinajstić information content (AvgIpc) is 2.64. The molecule has 1 saturated heterocycles. The van der Waals surface area contributed by atoms with Crippen molar-refractivity contribution >= 4 is 45.7 Å². The number of pyridine rings is 1. The first-order chi connectivity index (χ1) is 13.9. The van der Waals surface area contributed by atoms with Crippen LogP contribution in [0.5, 0.6) is 5.75 Å². The molecular formula is C20H20ClN5O3. The smallest absolute Gasteiger partial charge is 0.293 e. The largest absolute Gasteiger partial charge is 0.480 e. The topological polar surface area (TPSA) is 89.3 Å². The average molecular weight is 414 g/mol. The first-order valence-electron chi connectivity index (χ1n) is 9.23. The molecule has 0 unspecified atom stereocenters. The molecule has 0 spiro atoms. The van der Waals surface area contributed by atoms with Crippen molar-refractivity contribution in [3.63, 3.8) is 0 Å². The third kappa shape index (κ3) is 3.88. The van der Waals surface area contributed by atoms with Crippen LogP contribution < -0.4 is 20.5 Å². The summed E-state index contributed by atoms with van der Waals surface area (Å²) in [5.41, 5.74) is 1.20. The van der Waals surface area contributed by atoms with E-state index >= 15 is 0 Å². The van der Waals surface area contributed by atoms with Gasteiger partial charge in [-0.15, -0.1) is 0 Å². The summed E-state index contributed by atoms with van der Waals surface area (Å²) in [6, 6.07) is 7.19. The van der Waals surface area contributed by atoms with Gasteiger partial charge >= 0.3 is 0 Å². The molecule has 150 valence electrons. The van der Waals surface area contributed by atoms with E-state index in [-0.39, 0.29) is 23.7 Å². The van der Waals surface area contributed by atoms with Gasteiger partial charge in [0, 0.05) is 31.2 Å². The van der Waals surface area contributed by atoms with Crippen LogP contribution in [0.4, 0.5) is 17.5 Å². The lowest BCUT2D eigenvalue weighted by Crippen LogP contribution is -2.38. The Morgan fingerprint density at radius 1 is 1.31 bits per heavy atom. The number of hydrogen-bond acceptors (Lipinski definition) is 7. The van der Waals surface area contributed by atoms with E-state index in [0.717, 1.165) is 36.1 Å². The van der Waals surface area contributed by atoms with Gasteiger partial charge in [-0.05, 0) is 37.6 Å². The summed E-state index contributed by atoms with van der Waals surface area (Å²) in [5.74, 6) is 1.14. The number of carbonyl (C=O) groups is 1. The fourth-order valence-electron chi connectivity index (χ4n) is 3.06. The quantitative estimate of drug-likeness (QED) is 0.664. The molecule has 3 aromatic rings. The molecule has 1 N–H and O–H groups in total. The molecule has 2 aromatic heterocycles. The summed E-state index contributed by atoms with van der Waals surface area (Å²) in [6.07, 6.45) is 2.72. The number of halogens is 1. The number of hydrogen-bond donors (Lipinski definition) is 1. The maximum Gasteiger partial charge on any atom is 0.293 e. The molecule has 0 saturated carbocycles. The minimum atomic E-state index is -0.294. The van der Waals surface area contributed by atoms with Crippen molar-refractivity contribution < 1.29 is 9.53 Å². The zero-order valence-corrected chi connectivity index (χ0v) is 16.9. The van der Waals surface area contributed by atoms with Gasteiger partial charge in [0.2, 0.25) is 5.95 Å². The number of carbonyl (C=O) groups excluding carboxylic acids is 1. The van der Waals surface area contributed by atoms with Crippen LogP contribution in [0.1, 0.15) is 13.3 Å². The zero-order chi connectivity index (χ0) is 20.5. The first-order valence-corrected chi connectivity index (χ1v) is 9.61. The summed E-state index contributed by atoms with van der Waals surface area (Å²) in [7, 11) is 1.67. The molecule has 0 radical (unpaired) electrons. The highest BCUT2D eigenvalue weighted by Gasteiger charge is 2.18. The second-order valence-electron chi connectivity index (χ2n) is 6.97. The van der Waals surface area contributed by atoms with E-state index in [9.17, 15) is 9.59 Å². The van der Waals surface area contributed by atoms with Gasteiger partial charge in [0.05, 0.1) is 11.7 Å². The molecular weight excluding hydrogens is 394 g/mol. The summed E-state index contributed by atoms with van der Waals surface area (Å²) in [6.45, 7) is 3.14. The number of aryl methyl sites for hydroxylation is 1. The second kappa shape index (κ2) is 7.71. The maximum absolute atomic E-state index is 12.4. The van der Waals surface area contributed by atoms with Gasteiger partial charge in [-0.1, -0.05) is 11.6 Å². The van der Waals surface area contributed by atoms with E-state index in [1.807, 2.05) is 18.2 Å². The normalized spacial score (nSPS) is 13.3. The van der Waals surface area contributed by atoms with Gasteiger partial charge in [0.1, 0.15) is 11.6 Å². The number of ether oxygens (including phenoxy) is 1. The van der Waals surface area contributed by atoms with E-state index in [2.05, 4.69) is 20.2 Å². The molecule has 0 aliphatic carbocycles. The lowest BCUT2D eigenvalue weighted by Gasteiger charge is -2.30. The predicted molar refractivity (Wildman–Crippen MR) is 113 cm³/mol. The van der Waals surface area contributed by atoms with Crippen molar-refractivity contribution in [2.75, 3.05) is 29.9 Å². The lowest BCUT2D eigenvalue weighted by molar-refractivity contribution is -0.118. The monoisotopic (exact) mass is 413 g/mol. The number of nitrogens with zero attached hydrogens (tertiary/aromatic N) is 4. The van der Waals surface area contributed by atoms with Crippen LogP contribution >= 0.6 is 11.6 Å². The third-order valence-corrected chi connectivity index (χ3v) is 5.03. The van der Waals surface area contributed by atoms with Crippen LogP contribution in [0, 0.1) is 0 Å². The highest BCUT2D eigenvalue weighted by molar-refractivity contribution is 6.32. The highest BCUT2D eigenvalue weighted by Crippen LogP contribution is 2.28. The number of benzene rings is 1. The van der Waals surface area contributed by atoms with Crippen LogP contribution in [-0.2, 0) is 11.8 Å². The van der Waals surface area contributed by atoms with E-state index in [1.165, 1.54) is 11.5 Å². The van der Waals surface area contributed by atoms with E-state index in [1.54, 1.807) is 19.3 Å². The number of aromatic nitrogens is 3. The van der Waals surface area contributed by atoms with E-state index in [4.69, 9.17) is 16.3 Å². The molecule has 0 atom stereocenters. The van der Waals surface area contributed by atoms with Crippen LogP contribution in [0.2, 0.25) is 5.02 Å². The van der Waals surface area contributed by atoms with Gasteiger partial charge < -0.3 is 19.5 Å². The number of Topliss-reactive ketones (excluding diaryl/α,β-unsaturated/α-hetero) is 1. The van der Waals surface area contributed by atoms with Gasteiger partial charge in [-0.2, -0.15) is 4.98 Å². The Balaban J connectivity index is 1.67. The molecule has 9 heteroatoms. The fraction of sp³-hybridized carbons (Fsp3) is 0.300. The number of ketones is 1. The van der Waals surface area contributed by atoms with Crippen LogP contribution in [0.25, 0.3) is 10.9 Å². The minimum Gasteiger partial charge on any atom is -0.480 e. The molecule has 29 heavy (non-hydrogen) atoms. The molecule has 4 rings (SSSR count). The van der Waals surface area contributed by atoms with Gasteiger partial charge in [0.25, 0.3) is 5.56 Å². The molecule has 0 amide bonds. The zero-order valence-electron chi connectivity index (χ0n) is 16.1. The number of fused-ring (bicyclic) bond motifs is 1. The van der Waals surface area contributed by atoms with Crippen LogP contribution in [0.3, 0.4) is 0 Å². The summed E-state index contributed by atoms with van der Waals surface area (Å²) < 4.78 is 6.87. The number of rotatable bonds is 6. The van der Waals surface area contributed by atoms with Gasteiger partial charge in [-0.3, -0.25) is 9.59 Å². The Kier molecular flexibility index (Phi) is 5.10. The molecule has 1 aromatic carbocycles. The second-order valence-corrected chi connectivity index (χ2v) is 7.38. The minimum absolute atomic E-state index is 0.132. The molecule has 3 heterocycles. The van der Waals surface area contributed by atoms with Gasteiger partial charge in [-0.25, -0.2) is 4.98 Å². The van der Waals surface area contributed by atoms with Crippen molar-refractivity contribution in [2.24, 2.45) is 7.05 Å². The Morgan fingerprint density at radius 2 is 2.10 bits per heavy atom. The van der Waals surface area contributed by atoms with Gasteiger partial charge in [0.15, 0.2) is 17.4 Å². The SMILES string of the molecule is CC(=O)COc1cc2cc(Nc3nc(N4CCC4)ncc3Cl)ccc2n(C)c1=O. The summed E-state index contributed by atoms with van der Waals surface area (Å²) >= 11 is 6.27. The van der Waals surface area contributed by atoms with Crippen LogP contribution in [-0.4, -0.2) is 40.0 Å². The number of anilines is 3. The first kappa shape index (κ1) is 19.2. The van der Waals surface area contributed by atoms with Crippen LogP contribution in [0.15, 0.2) is 35.3 Å². The predicted octanol–water partition coefficient (Wildman–Crippen LogP) is 2.90. The highest BCUT2D eigenvalue weighted by atomic mass is 35.5. The standard InChI is InChI=1S/C20H20ClN5O3/c1-12(27)11-29-17-9-13-8-14(4-5-16(13)25(2)19(17)28)23-18-15(21)10-22-20(24-18)26-6-3-7-26/h4-5,8-10H,3,6-7,11H2,1-2H3,(H,22,23,24). The van der Waals surface area contributed by atoms with E-state index in [0.29, 0.717) is 16.8 Å². The van der Waals surface area contributed by atoms with Crippen molar-refractivity contribution in [1.82, 2.24) is 14.5 Å². The summed E-state index contributed by atoms with van der Waals surface area (Å²) in [4.78, 5) is 34.5. The lowest BCUT2D eigenvalue weighted by atomic mass is 10.2. The summed E-state index contributed by atoms with van der Waals surface area (Å²) in [5, 5.41) is 4.42. The van der Waals surface area contributed by atoms with Crippen molar-refractivity contribution in [1.29, 1.82) is 0 Å². The number of nitrogens with one attached hydrogen (secondary N) is 1. The maximum atomic E-state index is 12.4. The van der Waals surface area contributed by atoms with Crippen molar-refractivity contribution in [3.05, 3.63) is 45.8 Å². The molecule has 8 nitrogen and oxygen atoms in total. The fourth-order valence-corrected chi connectivity index (χ4v) is 3.20. The molecule has 1 aliphatic heterocycles. The van der Waals surface area contributed by atoms with Crippen molar-refractivity contribution in [3.8, 4) is 5.75 Å².